The van der Waals surface area contributed by atoms with Crippen molar-refractivity contribution in [1.29, 1.82) is 0 Å². The maximum atomic E-state index is 12.4. The van der Waals surface area contributed by atoms with Crippen LogP contribution in [0.5, 0.6) is 5.75 Å². The van der Waals surface area contributed by atoms with Gasteiger partial charge in [0.05, 0.1) is 29.8 Å². The fourth-order valence-corrected chi connectivity index (χ4v) is 3.25. The van der Waals surface area contributed by atoms with Gasteiger partial charge in [-0.2, -0.15) is 0 Å². The second-order valence-electron chi connectivity index (χ2n) is 5.35. The van der Waals surface area contributed by atoms with Crippen LogP contribution in [-0.2, 0) is 4.79 Å². The van der Waals surface area contributed by atoms with Crippen molar-refractivity contribution in [2.45, 2.75) is 13.3 Å². The molecule has 24 heavy (non-hydrogen) atoms. The van der Waals surface area contributed by atoms with Gasteiger partial charge in [0.2, 0.25) is 5.91 Å². The number of nitrogens with zero attached hydrogens (tertiary/aromatic N) is 2. The Balaban J connectivity index is 1.89. The number of amides is 1. The summed E-state index contributed by atoms with van der Waals surface area (Å²) in [5.41, 5.74) is 0. The summed E-state index contributed by atoms with van der Waals surface area (Å²) < 4.78 is 5.66. The SMILES string of the molecule is CCCN(CCOc1c(Cl)cc(Cl)cc1Cl)C(=O)CN1C=CNC1. The first-order valence-corrected chi connectivity index (χ1v) is 8.84. The topological polar surface area (TPSA) is 44.8 Å². The Morgan fingerprint density at radius 3 is 2.58 bits per heavy atom. The van der Waals surface area contributed by atoms with Crippen LogP contribution in [0.4, 0.5) is 0 Å². The molecule has 0 radical (unpaired) electrons. The van der Waals surface area contributed by atoms with Crippen molar-refractivity contribution in [2.75, 3.05) is 32.9 Å². The van der Waals surface area contributed by atoms with Crippen molar-refractivity contribution in [3.8, 4) is 5.75 Å². The van der Waals surface area contributed by atoms with E-state index in [-0.39, 0.29) is 5.91 Å². The van der Waals surface area contributed by atoms with Crippen LogP contribution < -0.4 is 10.1 Å². The van der Waals surface area contributed by atoms with Gasteiger partial charge in [-0.15, -0.1) is 0 Å². The number of hydrogen-bond acceptors (Lipinski definition) is 4. The third-order valence-electron chi connectivity index (χ3n) is 3.45. The quantitative estimate of drug-likeness (QED) is 0.734. The molecular weight excluding hydrogens is 373 g/mol. The molecule has 1 aliphatic heterocycles. The molecule has 1 heterocycles. The predicted molar refractivity (Wildman–Crippen MR) is 97.7 cm³/mol. The molecule has 0 aromatic heterocycles. The molecule has 132 valence electrons. The Hall–Kier alpha value is -1.30. The van der Waals surface area contributed by atoms with Gasteiger partial charge in [0.15, 0.2) is 5.75 Å². The number of ether oxygens (including phenoxy) is 1. The van der Waals surface area contributed by atoms with Crippen LogP contribution in [0.3, 0.4) is 0 Å². The maximum Gasteiger partial charge on any atom is 0.242 e. The third-order valence-corrected chi connectivity index (χ3v) is 4.23. The van der Waals surface area contributed by atoms with Crippen LogP contribution in [0.25, 0.3) is 0 Å². The number of rotatable bonds is 8. The summed E-state index contributed by atoms with van der Waals surface area (Å²) in [5, 5.41) is 4.20. The third kappa shape index (κ3) is 5.36. The lowest BCUT2D eigenvalue weighted by atomic mass is 10.3. The zero-order valence-corrected chi connectivity index (χ0v) is 15.7. The molecular formula is C16H20Cl3N3O2. The average Bonchev–Trinajstić information content (AvgIpc) is 3.01. The summed E-state index contributed by atoms with van der Waals surface area (Å²) >= 11 is 18.1. The van der Waals surface area contributed by atoms with Crippen LogP contribution in [0.1, 0.15) is 13.3 Å². The summed E-state index contributed by atoms with van der Waals surface area (Å²) in [6.07, 6.45) is 4.57. The fourth-order valence-electron chi connectivity index (χ4n) is 2.32. The second-order valence-corrected chi connectivity index (χ2v) is 6.60. The lowest BCUT2D eigenvalue weighted by Gasteiger charge is -2.25. The van der Waals surface area contributed by atoms with E-state index in [2.05, 4.69) is 5.32 Å². The molecule has 0 atom stereocenters. The van der Waals surface area contributed by atoms with E-state index >= 15 is 0 Å². The van der Waals surface area contributed by atoms with Gasteiger partial charge in [-0.3, -0.25) is 4.79 Å². The van der Waals surface area contributed by atoms with Gasteiger partial charge >= 0.3 is 0 Å². The van der Waals surface area contributed by atoms with Gasteiger partial charge in [-0.1, -0.05) is 41.7 Å². The molecule has 0 saturated heterocycles. The second kappa shape index (κ2) is 9.25. The molecule has 0 fully saturated rings. The highest BCUT2D eigenvalue weighted by Gasteiger charge is 2.17. The van der Waals surface area contributed by atoms with E-state index in [1.165, 1.54) is 0 Å². The van der Waals surface area contributed by atoms with E-state index in [1.54, 1.807) is 17.0 Å². The zero-order valence-electron chi connectivity index (χ0n) is 13.4. The molecule has 8 heteroatoms. The highest BCUT2D eigenvalue weighted by Crippen LogP contribution is 2.35. The molecule has 1 aromatic rings. The highest BCUT2D eigenvalue weighted by molar-refractivity contribution is 6.40. The molecule has 1 N–H and O–H groups in total. The molecule has 0 aliphatic carbocycles. The molecule has 1 aromatic carbocycles. The lowest BCUT2D eigenvalue weighted by molar-refractivity contribution is -0.132. The van der Waals surface area contributed by atoms with E-state index in [9.17, 15) is 4.79 Å². The van der Waals surface area contributed by atoms with Gasteiger partial charge in [0, 0.05) is 24.0 Å². The Morgan fingerprint density at radius 1 is 1.29 bits per heavy atom. The smallest absolute Gasteiger partial charge is 0.242 e. The minimum atomic E-state index is 0.0575. The van der Waals surface area contributed by atoms with E-state index in [1.807, 2.05) is 24.2 Å². The Kier molecular flexibility index (Phi) is 7.34. The van der Waals surface area contributed by atoms with Crippen molar-refractivity contribution >= 4 is 40.7 Å². The standard InChI is InChI=1S/C16H20Cl3N3O2/c1-2-4-22(15(23)10-21-5-3-20-11-21)6-7-24-16-13(18)8-12(17)9-14(16)19/h3,5,8-9,20H,2,4,6-7,10-11H2,1H3. The van der Waals surface area contributed by atoms with Crippen molar-refractivity contribution < 1.29 is 9.53 Å². The van der Waals surface area contributed by atoms with Crippen LogP contribution in [0, 0.1) is 0 Å². The Morgan fingerprint density at radius 2 is 2.00 bits per heavy atom. The monoisotopic (exact) mass is 391 g/mol. The van der Waals surface area contributed by atoms with Crippen molar-refractivity contribution in [3.63, 3.8) is 0 Å². The number of carbonyl (C=O) groups excluding carboxylic acids is 1. The summed E-state index contributed by atoms with van der Waals surface area (Å²) in [6.45, 7) is 4.47. The summed E-state index contributed by atoms with van der Waals surface area (Å²) in [7, 11) is 0. The first kappa shape index (κ1) is 19.0. The van der Waals surface area contributed by atoms with E-state index in [4.69, 9.17) is 39.5 Å². The fraction of sp³-hybridized carbons (Fsp3) is 0.438. The highest BCUT2D eigenvalue weighted by atomic mass is 35.5. The molecule has 0 bridgehead atoms. The van der Waals surface area contributed by atoms with Crippen LogP contribution in [0.2, 0.25) is 15.1 Å². The van der Waals surface area contributed by atoms with Gasteiger partial charge in [-0.05, 0) is 18.6 Å². The van der Waals surface area contributed by atoms with Crippen molar-refractivity contribution in [3.05, 3.63) is 39.6 Å². The zero-order chi connectivity index (χ0) is 17.5. The Labute approximate surface area is 157 Å². The maximum absolute atomic E-state index is 12.4. The first-order valence-electron chi connectivity index (χ1n) is 7.70. The van der Waals surface area contributed by atoms with Crippen LogP contribution >= 0.6 is 34.8 Å². The molecule has 1 amide bonds. The lowest BCUT2D eigenvalue weighted by Crippen LogP contribution is -2.41. The van der Waals surface area contributed by atoms with Crippen LogP contribution in [-0.4, -0.2) is 48.6 Å². The van der Waals surface area contributed by atoms with Crippen molar-refractivity contribution in [2.24, 2.45) is 0 Å². The number of benzene rings is 1. The average molecular weight is 393 g/mol. The summed E-state index contributed by atoms with van der Waals surface area (Å²) in [6, 6.07) is 3.15. The molecule has 2 rings (SSSR count). The molecule has 5 nitrogen and oxygen atoms in total. The van der Waals surface area contributed by atoms with Gasteiger partial charge in [0.25, 0.3) is 0 Å². The normalized spacial score (nSPS) is 13.1. The molecule has 0 unspecified atom stereocenters. The molecule has 0 spiro atoms. The number of hydrogen-bond donors (Lipinski definition) is 1. The van der Waals surface area contributed by atoms with E-state index in [0.717, 1.165) is 6.42 Å². The number of carbonyl (C=O) groups is 1. The Bertz CT molecular complexity index is 587. The van der Waals surface area contributed by atoms with Crippen LogP contribution in [0.15, 0.2) is 24.5 Å². The van der Waals surface area contributed by atoms with Gasteiger partial charge in [-0.25, -0.2) is 0 Å². The van der Waals surface area contributed by atoms with Crippen molar-refractivity contribution in [1.82, 2.24) is 15.1 Å². The summed E-state index contributed by atoms with van der Waals surface area (Å²) in [4.78, 5) is 16.1. The molecule has 0 saturated carbocycles. The van der Waals surface area contributed by atoms with Gasteiger partial charge in [0.1, 0.15) is 6.61 Å². The number of nitrogens with one attached hydrogen (secondary N) is 1. The largest absolute Gasteiger partial charge is 0.489 e. The first-order chi connectivity index (χ1) is 11.5. The minimum absolute atomic E-state index is 0.0575. The van der Waals surface area contributed by atoms with E-state index in [0.29, 0.717) is 53.7 Å². The molecule has 1 aliphatic rings. The van der Waals surface area contributed by atoms with Gasteiger partial charge < -0.3 is 19.9 Å². The van der Waals surface area contributed by atoms with E-state index < -0.39 is 0 Å². The number of halogens is 3. The summed E-state index contributed by atoms with van der Waals surface area (Å²) in [5.74, 6) is 0.445. The minimum Gasteiger partial charge on any atom is -0.489 e. The predicted octanol–water partition coefficient (Wildman–Crippen LogP) is 3.60.